The number of alkyl halides is 1. The third-order valence-corrected chi connectivity index (χ3v) is 2.23. The van der Waals surface area contributed by atoms with Crippen molar-refractivity contribution in [3.8, 4) is 12.3 Å². The van der Waals surface area contributed by atoms with Crippen molar-refractivity contribution < 1.29 is 14.3 Å². The van der Waals surface area contributed by atoms with Crippen LogP contribution in [0.2, 0.25) is 0 Å². The number of rotatable bonds is 2. The van der Waals surface area contributed by atoms with E-state index in [4.69, 9.17) is 18.0 Å². The van der Waals surface area contributed by atoms with Crippen LogP contribution >= 0.6 is 11.6 Å². The Balaban J connectivity index is 2.52. The Kier molecular flexibility index (Phi) is 3.93. The van der Waals surface area contributed by atoms with E-state index in [0.717, 1.165) is 0 Å². The van der Waals surface area contributed by atoms with Gasteiger partial charge in [0.25, 0.3) is 0 Å². The molecule has 0 aromatic carbocycles. The third-order valence-electron chi connectivity index (χ3n) is 2.01. The first-order valence-electron chi connectivity index (χ1n) is 4.19. The van der Waals surface area contributed by atoms with Crippen LogP contribution < -0.4 is 5.32 Å². The van der Waals surface area contributed by atoms with Gasteiger partial charge in [-0.05, 0) is 13.0 Å². The average Bonchev–Trinajstić information content (AvgIpc) is 2.65. The first-order chi connectivity index (χ1) is 6.69. The quantitative estimate of drug-likeness (QED) is 0.303. The zero-order valence-corrected chi connectivity index (χ0v) is 8.21. The highest BCUT2D eigenvalue weighted by atomic mass is 35.5. The molecule has 5 heteroatoms. The summed E-state index contributed by atoms with van der Waals surface area (Å²) in [5.74, 6) is 0.550. The number of hydrogen-bond donors (Lipinski definition) is 1. The second kappa shape index (κ2) is 4.99. The first-order valence-corrected chi connectivity index (χ1v) is 4.72. The van der Waals surface area contributed by atoms with Crippen LogP contribution in [-0.2, 0) is 14.3 Å². The molecule has 76 valence electrons. The fraction of sp³-hybridized carbons (Fsp3) is 0.556. The number of nitrogens with one attached hydrogen (secondary N) is 1. The van der Waals surface area contributed by atoms with Gasteiger partial charge in [0.1, 0.15) is 11.9 Å². The van der Waals surface area contributed by atoms with Gasteiger partial charge in [0.05, 0.1) is 0 Å². The average molecular weight is 216 g/mol. The Morgan fingerprint density at radius 1 is 1.64 bits per heavy atom. The molecule has 4 nitrogen and oxygen atoms in total. The Bertz CT molecular complexity index is 284. The molecule has 1 rings (SSSR count). The molecule has 0 aliphatic carbocycles. The minimum atomic E-state index is -0.749. The predicted octanol–water partition coefficient (Wildman–Crippen LogP) is -0.0937. The fourth-order valence-corrected chi connectivity index (χ4v) is 1.39. The lowest BCUT2D eigenvalue weighted by Crippen LogP contribution is -2.38. The smallest absolute Gasteiger partial charge is 0.332 e. The molecule has 1 saturated heterocycles. The molecule has 0 radical (unpaired) electrons. The van der Waals surface area contributed by atoms with Crippen LogP contribution in [0.25, 0.3) is 0 Å². The number of terminal acetylenes is 1. The zero-order chi connectivity index (χ0) is 10.6. The second-order valence-corrected chi connectivity index (χ2v) is 3.19. The maximum atomic E-state index is 11.3. The van der Waals surface area contributed by atoms with Gasteiger partial charge in [-0.2, -0.15) is 0 Å². The van der Waals surface area contributed by atoms with E-state index in [-0.39, 0.29) is 11.8 Å². The molecule has 0 amide bonds. The van der Waals surface area contributed by atoms with Gasteiger partial charge in [-0.25, -0.2) is 4.79 Å². The van der Waals surface area contributed by atoms with E-state index < -0.39 is 18.0 Å². The largest absolute Gasteiger partial charge is 0.391 e. The second-order valence-electron chi connectivity index (χ2n) is 2.92. The minimum absolute atomic E-state index is 0.203. The van der Waals surface area contributed by atoms with Crippen molar-refractivity contribution >= 4 is 23.5 Å². The van der Waals surface area contributed by atoms with Crippen molar-refractivity contribution in [1.29, 1.82) is 0 Å². The van der Waals surface area contributed by atoms with Gasteiger partial charge < -0.3 is 10.1 Å². The molecule has 14 heavy (non-hydrogen) atoms. The number of carbonyl (C=O) groups excluding carboxylic acids is 2. The lowest BCUT2D eigenvalue weighted by molar-refractivity contribution is -0.159. The molecule has 1 aliphatic heterocycles. The van der Waals surface area contributed by atoms with Crippen LogP contribution in [0.1, 0.15) is 6.42 Å². The molecule has 0 aromatic heterocycles. The monoisotopic (exact) mass is 215 g/mol. The maximum absolute atomic E-state index is 11.3. The van der Waals surface area contributed by atoms with Crippen molar-refractivity contribution in [2.45, 2.75) is 12.5 Å². The van der Waals surface area contributed by atoms with Crippen molar-refractivity contribution in [1.82, 2.24) is 5.32 Å². The van der Waals surface area contributed by atoms with E-state index in [1.165, 1.54) is 0 Å². The maximum Gasteiger partial charge on any atom is 0.332 e. The van der Waals surface area contributed by atoms with E-state index >= 15 is 0 Å². The van der Waals surface area contributed by atoms with E-state index in [2.05, 4.69) is 16.0 Å². The number of hydrogen-bond acceptors (Lipinski definition) is 4. The van der Waals surface area contributed by atoms with Gasteiger partial charge in [0.2, 0.25) is 0 Å². The van der Waals surface area contributed by atoms with Crippen molar-refractivity contribution in [2.75, 3.05) is 12.4 Å². The summed E-state index contributed by atoms with van der Waals surface area (Å²) in [6, 6.07) is -0.577. The molecule has 1 N–H and O–H groups in total. The normalized spacial score (nSPS) is 25.4. The summed E-state index contributed by atoms with van der Waals surface area (Å²) in [7, 11) is 0. The van der Waals surface area contributed by atoms with Crippen LogP contribution in [0, 0.1) is 18.3 Å². The summed E-state index contributed by atoms with van der Waals surface area (Å²) in [6.45, 7) is 0.656. The van der Waals surface area contributed by atoms with Crippen LogP contribution in [0.15, 0.2) is 0 Å². The van der Waals surface area contributed by atoms with Crippen molar-refractivity contribution in [3.05, 3.63) is 0 Å². The summed E-state index contributed by atoms with van der Waals surface area (Å²) in [5, 5.41) is 2.87. The zero-order valence-electron chi connectivity index (χ0n) is 7.46. The molecule has 0 bridgehead atoms. The molecule has 1 heterocycles. The number of carbonyl (C=O) groups is 2. The van der Waals surface area contributed by atoms with Crippen LogP contribution in [0.4, 0.5) is 0 Å². The predicted molar refractivity (Wildman–Crippen MR) is 50.5 cm³/mol. The molecular weight excluding hydrogens is 206 g/mol. The van der Waals surface area contributed by atoms with E-state index in [1.807, 2.05) is 0 Å². The molecule has 2 atom stereocenters. The van der Waals surface area contributed by atoms with Crippen LogP contribution in [-0.4, -0.2) is 30.4 Å². The highest BCUT2D eigenvalue weighted by Crippen LogP contribution is 2.15. The summed E-state index contributed by atoms with van der Waals surface area (Å²) in [5.41, 5.74) is 0. The lowest BCUT2D eigenvalue weighted by atomic mass is 10.0. The van der Waals surface area contributed by atoms with Crippen molar-refractivity contribution in [2.24, 2.45) is 5.92 Å². The van der Waals surface area contributed by atoms with Gasteiger partial charge in [-0.3, -0.25) is 4.79 Å². The first kappa shape index (κ1) is 11.0. The summed E-state index contributed by atoms with van der Waals surface area (Å²) in [4.78, 5) is 22.0. The summed E-state index contributed by atoms with van der Waals surface area (Å²) >= 11 is 5.19. The SMILES string of the molecule is C#C[C@H]1CCN[C@@H]1C(=O)OC(=O)CCl. The summed E-state index contributed by atoms with van der Waals surface area (Å²) < 4.78 is 4.45. The number of halogens is 1. The molecule has 1 aliphatic rings. The van der Waals surface area contributed by atoms with Gasteiger partial charge in [0, 0.05) is 5.92 Å². The Labute approximate surface area is 86.9 Å². The molecule has 0 saturated carbocycles. The number of ether oxygens (including phenoxy) is 1. The molecule has 0 aromatic rings. The highest BCUT2D eigenvalue weighted by Gasteiger charge is 2.33. The Morgan fingerprint density at radius 3 is 2.93 bits per heavy atom. The third kappa shape index (κ3) is 2.47. The molecule has 1 fully saturated rings. The highest BCUT2D eigenvalue weighted by molar-refractivity contribution is 6.27. The summed E-state index contributed by atoms with van der Waals surface area (Å²) in [6.07, 6.45) is 5.93. The lowest BCUT2D eigenvalue weighted by Gasteiger charge is -2.11. The van der Waals surface area contributed by atoms with E-state index in [9.17, 15) is 9.59 Å². The van der Waals surface area contributed by atoms with Crippen LogP contribution in [0.5, 0.6) is 0 Å². The fourth-order valence-electron chi connectivity index (χ4n) is 1.33. The Morgan fingerprint density at radius 2 is 2.36 bits per heavy atom. The molecule has 0 unspecified atom stereocenters. The van der Waals surface area contributed by atoms with Gasteiger partial charge in [-0.1, -0.05) is 0 Å². The standard InChI is InChI=1S/C9H10ClNO3/c1-2-6-3-4-11-8(6)9(13)14-7(12)5-10/h1,6,8,11H,3-5H2/t6-,8-/m0/s1. The van der Waals surface area contributed by atoms with Gasteiger partial charge in [0.15, 0.2) is 0 Å². The van der Waals surface area contributed by atoms with Gasteiger partial charge >= 0.3 is 11.9 Å². The van der Waals surface area contributed by atoms with Crippen LogP contribution in [0.3, 0.4) is 0 Å². The Hall–Kier alpha value is -1.05. The van der Waals surface area contributed by atoms with Gasteiger partial charge in [-0.15, -0.1) is 23.9 Å². The molecular formula is C9H10ClNO3. The van der Waals surface area contributed by atoms with E-state index in [1.54, 1.807) is 0 Å². The molecule has 0 spiro atoms. The number of esters is 2. The topological polar surface area (TPSA) is 55.4 Å². The van der Waals surface area contributed by atoms with E-state index in [0.29, 0.717) is 13.0 Å². The van der Waals surface area contributed by atoms with Crippen molar-refractivity contribution in [3.63, 3.8) is 0 Å². The minimum Gasteiger partial charge on any atom is -0.391 e.